The van der Waals surface area contributed by atoms with Gasteiger partial charge in [0.2, 0.25) is 17.7 Å². The topological polar surface area (TPSA) is 197 Å². The molecular weight excluding hydrogens is 370 g/mol. The standard InChI is InChI=1S/C17H33N5O6/c1-9(2)13(19)15(25)20-8-12(24)22-14(10(3)23)16(26)21-11(17(27)28)6-4-5-7-18/h9-11,13-14,23H,4-8,18-19H2,1-3H3,(H,20,25)(H,21,26)(H,22,24)(H,27,28). The van der Waals surface area contributed by atoms with Gasteiger partial charge in [-0.15, -0.1) is 0 Å². The molecule has 0 rings (SSSR count). The summed E-state index contributed by atoms with van der Waals surface area (Å²) in [5.74, 6) is -3.43. The molecule has 0 aromatic rings. The number of aliphatic carboxylic acids is 1. The normalized spacial score (nSPS) is 15.2. The molecule has 9 N–H and O–H groups in total. The van der Waals surface area contributed by atoms with Crippen molar-refractivity contribution in [1.82, 2.24) is 16.0 Å². The predicted octanol–water partition coefficient (Wildman–Crippen LogP) is -2.35. The minimum absolute atomic E-state index is 0.119. The Labute approximate surface area is 164 Å². The molecule has 28 heavy (non-hydrogen) atoms. The molecule has 11 heteroatoms. The van der Waals surface area contributed by atoms with Crippen molar-refractivity contribution in [3.63, 3.8) is 0 Å². The average molecular weight is 403 g/mol. The summed E-state index contributed by atoms with van der Waals surface area (Å²) in [5, 5.41) is 25.9. The van der Waals surface area contributed by atoms with Crippen molar-refractivity contribution in [2.75, 3.05) is 13.1 Å². The van der Waals surface area contributed by atoms with E-state index >= 15 is 0 Å². The maximum absolute atomic E-state index is 12.3. The van der Waals surface area contributed by atoms with Gasteiger partial charge in [0, 0.05) is 0 Å². The molecule has 0 bridgehead atoms. The van der Waals surface area contributed by atoms with E-state index in [2.05, 4.69) is 16.0 Å². The highest BCUT2D eigenvalue weighted by atomic mass is 16.4. The molecule has 11 nitrogen and oxygen atoms in total. The summed E-state index contributed by atoms with van der Waals surface area (Å²) < 4.78 is 0. The number of carbonyl (C=O) groups is 4. The van der Waals surface area contributed by atoms with E-state index < -0.39 is 54.5 Å². The summed E-state index contributed by atoms with van der Waals surface area (Å²) in [4.78, 5) is 47.4. The van der Waals surface area contributed by atoms with Crippen LogP contribution in [0.5, 0.6) is 0 Å². The first-order chi connectivity index (χ1) is 13.0. The minimum atomic E-state index is -1.38. The number of aliphatic hydroxyl groups is 1. The maximum Gasteiger partial charge on any atom is 0.326 e. The van der Waals surface area contributed by atoms with Gasteiger partial charge < -0.3 is 37.6 Å². The second-order valence-electron chi connectivity index (χ2n) is 6.96. The fourth-order valence-electron chi connectivity index (χ4n) is 2.23. The van der Waals surface area contributed by atoms with Crippen LogP contribution in [0.25, 0.3) is 0 Å². The van der Waals surface area contributed by atoms with E-state index in [4.69, 9.17) is 11.5 Å². The molecule has 0 heterocycles. The van der Waals surface area contributed by atoms with Crippen LogP contribution in [0.15, 0.2) is 0 Å². The van der Waals surface area contributed by atoms with Gasteiger partial charge in [0.15, 0.2) is 0 Å². The van der Waals surface area contributed by atoms with Crippen LogP contribution in [-0.4, -0.2) is 71.2 Å². The molecule has 4 atom stereocenters. The molecule has 0 saturated heterocycles. The van der Waals surface area contributed by atoms with Gasteiger partial charge in [-0.25, -0.2) is 4.79 Å². The Bertz CT molecular complexity index is 540. The third-order valence-electron chi connectivity index (χ3n) is 4.09. The van der Waals surface area contributed by atoms with Crippen molar-refractivity contribution in [1.29, 1.82) is 0 Å². The number of amides is 3. The molecule has 4 unspecified atom stereocenters. The summed E-state index contributed by atoms with van der Waals surface area (Å²) in [6.45, 7) is 4.75. The van der Waals surface area contributed by atoms with Gasteiger partial charge in [0.25, 0.3) is 0 Å². The van der Waals surface area contributed by atoms with E-state index in [9.17, 15) is 29.4 Å². The van der Waals surface area contributed by atoms with Crippen LogP contribution < -0.4 is 27.4 Å². The number of unbranched alkanes of at least 4 members (excludes halogenated alkanes) is 1. The van der Waals surface area contributed by atoms with Crippen molar-refractivity contribution in [2.24, 2.45) is 17.4 Å². The van der Waals surface area contributed by atoms with E-state index in [1.807, 2.05) is 0 Å². The number of nitrogens with one attached hydrogen (secondary N) is 3. The highest BCUT2D eigenvalue weighted by Gasteiger charge is 2.29. The van der Waals surface area contributed by atoms with E-state index in [0.29, 0.717) is 19.4 Å². The van der Waals surface area contributed by atoms with Crippen molar-refractivity contribution < 1.29 is 29.4 Å². The van der Waals surface area contributed by atoms with Crippen LogP contribution in [-0.2, 0) is 19.2 Å². The number of carboxylic acid groups (broad SMARTS) is 1. The molecule has 0 radical (unpaired) electrons. The first-order valence-electron chi connectivity index (χ1n) is 9.25. The lowest BCUT2D eigenvalue weighted by atomic mass is 10.1. The summed E-state index contributed by atoms with van der Waals surface area (Å²) in [6.07, 6.45) is -0.00572. The van der Waals surface area contributed by atoms with Gasteiger partial charge in [0.05, 0.1) is 18.7 Å². The number of hydrogen-bond donors (Lipinski definition) is 7. The van der Waals surface area contributed by atoms with E-state index in [-0.39, 0.29) is 12.3 Å². The summed E-state index contributed by atoms with van der Waals surface area (Å²) in [7, 11) is 0. The third-order valence-corrected chi connectivity index (χ3v) is 4.09. The van der Waals surface area contributed by atoms with Crippen molar-refractivity contribution in [2.45, 2.75) is 64.3 Å². The predicted molar refractivity (Wildman–Crippen MR) is 102 cm³/mol. The molecular formula is C17H33N5O6. The maximum atomic E-state index is 12.3. The van der Waals surface area contributed by atoms with E-state index in [1.165, 1.54) is 6.92 Å². The second-order valence-corrected chi connectivity index (χ2v) is 6.96. The zero-order valence-corrected chi connectivity index (χ0v) is 16.6. The molecule has 3 amide bonds. The molecule has 0 aromatic heterocycles. The zero-order chi connectivity index (χ0) is 21.9. The number of carbonyl (C=O) groups excluding carboxylic acids is 3. The Kier molecular flexibility index (Phi) is 12.0. The molecule has 0 fully saturated rings. The zero-order valence-electron chi connectivity index (χ0n) is 16.6. The Morgan fingerprint density at radius 3 is 2.07 bits per heavy atom. The van der Waals surface area contributed by atoms with Gasteiger partial charge in [-0.05, 0) is 38.6 Å². The van der Waals surface area contributed by atoms with Gasteiger partial charge >= 0.3 is 5.97 Å². The van der Waals surface area contributed by atoms with Crippen LogP contribution in [0, 0.1) is 5.92 Å². The fourth-order valence-corrected chi connectivity index (χ4v) is 2.23. The van der Waals surface area contributed by atoms with E-state index in [0.717, 1.165) is 0 Å². The smallest absolute Gasteiger partial charge is 0.326 e. The van der Waals surface area contributed by atoms with Crippen LogP contribution in [0.1, 0.15) is 40.0 Å². The molecule has 0 aliphatic heterocycles. The van der Waals surface area contributed by atoms with Gasteiger partial charge in [-0.1, -0.05) is 13.8 Å². The van der Waals surface area contributed by atoms with Crippen LogP contribution in [0.4, 0.5) is 0 Å². The lowest BCUT2D eigenvalue weighted by molar-refractivity contribution is -0.143. The number of nitrogens with two attached hydrogens (primary N) is 2. The SMILES string of the molecule is CC(C)C(N)C(=O)NCC(=O)NC(C(=O)NC(CCCCN)C(=O)O)C(C)O. The van der Waals surface area contributed by atoms with Gasteiger partial charge in [-0.3, -0.25) is 14.4 Å². The monoisotopic (exact) mass is 403 g/mol. The number of carboxylic acids is 1. The lowest BCUT2D eigenvalue weighted by Gasteiger charge is -2.23. The highest BCUT2D eigenvalue weighted by molar-refractivity contribution is 5.92. The van der Waals surface area contributed by atoms with Gasteiger partial charge in [0.1, 0.15) is 12.1 Å². The van der Waals surface area contributed by atoms with E-state index in [1.54, 1.807) is 13.8 Å². The van der Waals surface area contributed by atoms with Crippen LogP contribution in [0.3, 0.4) is 0 Å². The minimum Gasteiger partial charge on any atom is -0.480 e. The fraction of sp³-hybridized carbons (Fsp3) is 0.765. The number of hydrogen-bond acceptors (Lipinski definition) is 7. The first-order valence-corrected chi connectivity index (χ1v) is 9.25. The molecule has 0 saturated carbocycles. The van der Waals surface area contributed by atoms with Crippen LogP contribution in [0.2, 0.25) is 0 Å². The number of rotatable bonds is 13. The molecule has 0 aliphatic carbocycles. The Morgan fingerprint density at radius 2 is 1.61 bits per heavy atom. The Morgan fingerprint density at radius 1 is 1.00 bits per heavy atom. The quantitative estimate of drug-likeness (QED) is 0.166. The third kappa shape index (κ3) is 9.62. The van der Waals surface area contributed by atoms with Crippen molar-refractivity contribution in [3.8, 4) is 0 Å². The largest absolute Gasteiger partial charge is 0.480 e. The number of aliphatic hydroxyl groups excluding tert-OH is 1. The molecule has 162 valence electrons. The highest BCUT2D eigenvalue weighted by Crippen LogP contribution is 2.03. The average Bonchev–Trinajstić information content (AvgIpc) is 2.61. The summed E-state index contributed by atoms with van der Waals surface area (Å²) in [5.41, 5.74) is 11.0. The molecule has 0 aromatic carbocycles. The first kappa shape index (κ1) is 25.8. The Balaban J connectivity index is 4.78. The van der Waals surface area contributed by atoms with Crippen molar-refractivity contribution >= 4 is 23.7 Å². The lowest BCUT2D eigenvalue weighted by Crippen LogP contribution is -2.57. The molecule has 0 aliphatic rings. The second kappa shape index (κ2) is 13.0. The molecule has 0 spiro atoms. The van der Waals surface area contributed by atoms with Gasteiger partial charge in [-0.2, -0.15) is 0 Å². The summed E-state index contributed by atoms with van der Waals surface area (Å²) >= 11 is 0. The Hall–Kier alpha value is -2.24. The van der Waals surface area contributed by atoms with Crippen LogP contribution >= 0.6 is 0 Å². The van der Waals surface area contributed by atoms with Crippen molar-refractivity contribution in [3.05, 3.63) is 0 Å². The summed E-state index contributed by atoms with van der Waals surface area (Å²) in [6, 6.07) is -3.33.